The summed E-state index contributed by atoms with van der Waals surface area (Å²) in [7, 11) is 0. The van der Waals surface area contributed by atoms with Crippen molar-refractivity contribution in [3.05, 3.63) is 0 Å². The zero-order valence-corrected chi connectivity index (χ0v) is 8.75. The average molecular weight is 208 g/mol. The van der Waals surface area contributed by atoms with Crippen LogP contribution in [-0.2, 0) is 4.79 Å². The van der Waals surface area contributed by atoms with E-state index in [-0.39, 0.29) is 17.9 Å². The highest BCUT2D eigenvalue weighted by atomic mass is 35.5. The van der Waals surface area contributed by atoms with Crippen LogP contribution in [0.2, 0.25) is 0 Å². The molecule has 1 N–H and O–H groups in total. The van der Waals surface area contributed by atoms with Crippen LogP contribution in [0, 0.1) is 5.92 Å². The van der Waals surface area contributed by atoms with Crippen LogP contribution in [-0.4, -0.2) is 29.3 Å². The van der Waals surface area contributed by atoms with E-state index in [0.717, 1.165) is 17.9 Å². The van der Waals surface area contributed by atoms with E-state index >= 15 is 0 Å². The molecule has 0 saturated carbocycles. The SMILES string of the molecule is CC(CCl)NC(=O)C1CCSC1. The first kappa shape index (κ1) is 10.2. The molecule has 0 aromatic heterocycles. The van der Waals surface area contributed by atoms with Gasteiger partial charge in [-0.1, -0.05) is 0 Å². The Morgan fingerprint density at radius 3 is 3.08 bits per heavy atom. The largest absolute Gasteiger partial charge is 0.352 e. The van der Waals surface area contributed by atoms with Gasteiger partial charge in [-0.25, -0.2) is 0 Å². The molecule has 1 aliphatic heterocycles. The lowest BCUT2D eigenvalue weighted by Gasteiger charge is -2.13. The van der Waals surface area contributed by atoms with Crippen LogP contribution in [0.25, 0.3) is 0 Å². The van der Waals surface area contributed by atoms with Crippen LogP contribution in [0.4, 0.5) is 0 Å². The summed E-state index contributed by atoms with van der Waals surface area (Å²) in [5, 5.41) is 2.89. The third-order valence-corrected chi connectivity index (χ3v) is 3.55. The Hall–Kier alpha value is 0.110. The molecule has 12 heavy (non-hydrogen) atoms. The fraction of sp³-hybridized carbons (Fsp3) is 0.875. The summed E-state index contributed by atoms with van der Waals surface area (Å²) < 4.78 is 0. The van der Waals surface area contributed by atoms with Gasteiger partial charge in [0.25, 0.3) is 0 Å². The van der Waals surface area contributed by atoms with Crippen molar-refractivity contribution in [3.8, 4) is 0 Å². The highest BCUT2D eigenvalue weighted by Crippen LogP contribution is 2.23. The topological polar surface area (TPSA) is 29.1 Å². The van der Waals surface area contributed by atoms with Gasteiger partial charge in [0.05, 0.1) is 0 Å². The number of hydrogen-bond donors (Lipinski definition) is 1. The number of carbonyl (C=O) groups excluding carboxylic acids is 1. The molecule has 0 aromatic carbocycles. The van der Waals surface area contributed by atoms with Crippen LogP contribution in [0.1, 0.15) is 13.3 Å². The number of hydrogen-bond acceptors (Lipinski definition) is 2. The van der Waals surface area contributed by atoms with Crippen LogP contribution < -0.4 is 5.32 Å². The summed E-state index contributed by atoms with van der Waals surface area (Å²) >= 11 is 7.43. The van der Waals surface area contributed by atoms with Crippen molar-refractivity contribution in [2.45, 2.75) is 19.4 Å². The maximum Gasteiger partial charge on any atom is 0.224 e. The molecule has 1 saturated heterocycles. The van der Waals surface area contributed by atoms with Crippen LogP contribution >= 0.6 is 23.4 Å². The molecule has 1 amide bonds. The van der Waals surface area contributed by atoms with Crippen LogP contribution in [0.15, 0.2) is 0 Å². The average Bonchev–Trinajstić information content (AvgIpc) is 2.56. The number of thioether (sulfide) groups is 1. The molecule has 1 fully saturated rings. The highest BCUT2D eigenvalue weighted by Gasteiger charge is 2.23. The second-order valence-electron chi connectivity index (χ2n) is 3.12. The Morgan fingerprint density at radius 1 is 1.83 bits per heavy atom. The van der Waals surface area contributed by atoms with Crippen molar-refractivity contribution >= 4 is 29.3 Å². The zero-order valence-electron chi connectivity index (χ0n) is 7.18. The van der Waals surface area contributed by atoms with Gasteiger partial charge in [0, 0.05) is 23.6 Å². The van der Waals surface area contributed by atoms with Gasteiger partial charge in [-0.15, -0.1) is 11.6 Å². The fourth-order valence-corrected chi connectivity index (χ4v) is 2.44. The van der Waals surface area contributed by atoms with E-state index < -0.39 is 0 Å². The van der Waals surface area contributed by atoms with E-state index in [1.54, 1.807) is 0 Å². The van der Waals surface area contributed by atoms with Crippen molar-refractivity contribution < 1.29 is 4.79 Å². The number of rotatable bonds is 3. The minimum Gasteiger partial charge on any atom is -0.352 e. The first-order valence-electron chi connectivity index (χ1n) is 4.18. The van der Waals surface area contributed by atoms with Crippen molar-refractivity contribution in [1.29, 1.82) is 0 Å². The maximum absolute atomic E-state index is 11.4. The Kier molecular flexibility index (Phi) is 4.22. The predicted molar refractivity (Wildman–Crippen MR) is 53.8 cm³/mol. The zero-order chi connectivity index (χ0) is 8.97. The lowest BCUT2D eigenvalue weighted by Crippen LogP contribution is -2.38. The molecule has 0 spiro atoms. The molecule has 2 unspecified atom stereocenters. The minimum absolute atomic E-state index is 0.102. The molecule has 0 radical (unpaired) electrons. The molecule has 1 aliphatic rings. The highest BCUT2D eigenvalue weighted by molar-refractivity contribution is 7.99. The van der Waals surface area contributed by atoms with Gasteiger partial charge in [0.2, 0.25) is 5.91 Å². The van der Waals surface area contributed by atoms with E-state index in [1.165, 1.54) is 0 Å². The smallest absolute Gasteiger partial charge is 0.224 e. The van der Waals surface area contributed by atoms with E-state index in [1.807, 2.05) is 18.7 Å². The van der Waals surface area contributed by atoms with Crippen molar-refractivity contribution in [2.75, 3.05) is 17.4 Å². The molecule has 0 aromatic rings. The summed E-state index contributed by atoms with van der Waals surface area (Å²) in [6, 6.07) is 0.102. The van der Waals surface area contributed by atoms with Crippen molar-refractivity contribution in [2.24, 2.45) is 5.92 Å². The number of carbonyl (C=O) groups is 1. The summed E-state index contributed by atoms with van der Waals surface area (Å²) in [6.07, 6.45) is 1.02. The first-order valence-corrected chi connectivity index (χ1v) is 5.87. The maximum atomic E-state index is 11.4. The number of halogens is 1. The minimum atomic E-state index is 0.102. The number of alkyl halides is 1. The predicted octanol–water partition coefficient (Wildman–Crippen LogP) is 1.48. The van der Waals surface area contributed by atoms with Gasteiger partial charge < -0.3 is 5.32 Å². The van der Waals surface area contributed by atoms with E-state index in [9.17, 15) is 4.79 Å². The molecular formula is C8H14ClNOS. The first-order chi connectivity index (χ1) is 5.74. The van der Waals surface area contributed by atoms with Gasteiger partial charge in [-0.2, -0.15) is 11.8 Å². The van der Waals surface area contributed by atoms with Gasteiger partial charge in [-0.3, -0.25) is 4.79 Å². The van der Waals surface area contributed by atoms with E-state index in [4.69, 9.17) is 11.6 Å². The van der Waals surface area contributed by atoms with Crippen LogP contribution in [0.5, 0.6) is 0 Å². The molecule has 1 rings (SSSR count). The van der Waals surface area contributed by atoms with E-state index in [2.05, 4.69) is 5.32 Å². The third kappa shape index (κ3) is 2.87. The normalized spacial score (nSPS) is 25.3. The Balaban J connectivity index is 2.27. The molecule has 70 valence electrons. The molecule has 0 aliphatic carbocycles. The third-order valence-electron chi connectivity index (χ3n) is 1.92. The summed E-state index contributed by atoms with van der Waals surface area (Å²) in [6.45, 7) is 1.92. The molecule has 1 heterocycles. The number of amides is 1. The lowest BCUT2D eigenvalue weighted by atomic mass is 10.1. The summed E-state index contributed by atoms with van der Waals surface area (Å²) in [4.78, 5) is 11.4. The van der Waals surface area contributed by atoms with Gasteiger partial charge >= 0.3 is 0 Å². The molecular weight excluding hydrogens is 194 g/mol. The Labute approximate surface area is 82.4 Å². The van der Waals surface area contributed by atoms with Gasteiger partial charge in [0.1, 0.15) is 0 Å². The second kappa shape index (κ2) is 4.97. The van der Waals surface area contributed by atoms with Gasteiger partial charge in [0.15, 0.2) is 0 Å². The fourth-order valence-electron chi connectivity index (χ4n) is 1.14. The summed E-state index contributed by atoms with van der Waals surface area (Å²) in [5.41, 5.74) is 0. The Morgan fingerprint density at radius 2 is 2.58 bits per heavy atom. The van der Waals surface area contributed by atoms with Gasteiger partial charge in [-0.05, 0) is 19.1 Å². The van der Waals surface area contributed by atoms with Crippen molar-refractivity contribution in [1.82, 2.24) is 5.32 Å². The second-order valence-corrected chi connectivity index (χ2v) is 4.58. The molecule has 2 nitrogen and oxygen atoms in total. The standard InChI is InChI=1S/C8H14ClNOS/c1-6(4-9)10-8(11)7-2-3-12-5-7/h6-7H,2-5H2,1H3,(H,10,11). The molecule has 0 bridgehead atoms. The summed E-state index contributed by atoms with van der Waals surface area (Å²) in [5.74, 6) is 2.98. The lowest BCUT2D eigenvalue weighted by molar-refractivity contribution is -0.124. The van der Waals surface area contributed by atoms with Crippen molar-refractivity contribution in [3.63, 3.8) is 0 Å². The Bertz CT molecular complexity index is 159. The van der Waals surface area contributed by atoms with Crippen LogP contribution in [0.3, 0.4) is 0 Å². The molecule has 2 atom stereocenters. The number of nitrogens with one attached hydrogen (secondary N) is 1. The quantitative estimate of drug-likeness (QED) is 0.711. The monoisotopic (exact) mass is 207 g/mol. The van der Waals surface area contributed by atoms with E-state index in [0.29, 0.717) is 5.88 Å². The molecule has 4 heteroatoms.